The van der Waals surface area contributed by atoms with Gasteiger partial charge in [-0.2, -0.15) is 0 Å². The van der Waals surface area contributed by atoms with Gasteiger partial charge in [-0.15, -0.1) is 0 Å². The summed E-state index contributed by atoms with van der Waals surface area (Å²) in [5, 5.41) is 2.62. The lowest BCUT2D eigenvalue weighted by Gasteiger charge is -2.14. The van der Waals surface area contributed by atoms with Crippen LogP contribution in [0.5, 0.6) is 0 Å². The molecule has 0 unspecified atom stereocenters. The summed E-state index contributed by atoms with van der Waals surface area (Å²) in [7, 11) is 0. The monoisotopic (exact) mass is 277 g/mol. The highest BCUT2D eigenvalue weighted by molar-refractivity contribution is 6.02. The third-order valence-electron chi connectivity index (χ3n) is 2.87. The molecular formula is C14H13F2N3O. The predicted molar refractivity (Wildman–Crippen MR) is 73.8 cm³/mol. The molecule has 0 aliphatic heterocycles. The lowest BCUT2D eigenvalue weighted by molar-refractivity contribution is 0.100. The zero-order chi connectivity index (χ0) is 14.9. The van der Waals surface area contributed by atoms with Crippen molar-refractivity contribution in [3.63, 3.8) is 0 Å². The van der Waals surface area contributed by atoms with Crippen molar-refractivity contribution in [2.24, 2.45) is 5.73 Å². The third-order valence-corrected chi connectivity index (χ3v) is 2.87. The fourth-order valence-corrected chi connectivity index (χ4v) is 1.79. The van der Waals surface area contributed by atoms with Crippen molar-refractivity contribution in [2.45, 2.75) is 6.92 Å². The standard InChI is InChI=1S/C14H13F2N3O/c1-7-5-10(16)12(6-9(7)15)19-13-8(14(18)20)3-2-4-11(13)17/h2-6,19H,17H2,1H3,(H2,18,20). The molecule has 0 bridgehead atoms. The van der Waals surface area contributed by atoms with E-state index in [0.717, 1.165) is 12.1 Å². The number of nitrogen functional groups attached to an aromatic ring is 1. The van der Waals surface area contributed by atoms with Gasteiger partial charge >= 0.3 is 0 Å². The van der Waals surface area contributed by atoms with Gasteiger partial charge in [0.1, 0.15) is 11.6 Å². The molecule has 6 heteroatoms. The molecule has 0 fully saturated rings. The summed E-state index contributed by atoms with van der Waals surface area (Å²) < 4.78 is 27.3. The van der Waals surface area contributed by atoms with Crippen LogP contribution in [0.1, 0.15) is 15.9 Å². The van der Waals surface area contributed by atoms with E-state index in [2.05, 4.69) is 5.32 Å². The van der Waals surface area contributed by atoms with Crippen LogP contribution in [0.25, 0.3) is 0 Å². The van der Waals surface area contributed by atoms with Gasteiger partial charge in [-0.3, -0.25) is 4.79 Å². The quantitative estimate of drug-likeness (QED) is 0.754. The van der Waals surface area contributed by atoms with E-state index >= 15 is 0 Å². The van der Waals surface area contributed by atoms with Crippen LogP contribution in [0.15, 0.2) is 30.3 Å². The first-order chi connectivity index (χ1) is 9.40. The van der Waals surface area contributed by atoms with E-state index in [1.807, 2.05) is 0 Å². The fourth-order valence-electron chi connectivity index (χ4n) is 1.79. The van der Waals surface area contributed by atoms with Crippen molar-refractivity contribution in [1.29, 1.82) is 0 Å². The molecule has 2 rings (SSSR count). The number of benzene rings is 2. The molecule has 0 saturated heterocycles. The number of amides is 1. The van der Waals surface area contributed by atoms with E-state index in [1.165, 1.54) is 19.1 Å². The number of rotatable bonds is 3. The molecule has 0 aromatic heterocycles. The van der Waals surface area contributed by atoms with E-state index in [0.29, 0.717) is 0 Å². The maximum absolute atomic E-state index is 13.8. The van der Waals surface area contributed by atoms with E-state index in [-0.39, 0.29) is 28.2 Å². The molecule has 0 aliphatic carbocycles. The van der Waals surface area contributed by atoms with Crippen molar-refractivity contribution < 1.29 is 13.6 Å². The minimum Gasteiger partial charge on any atom is -0.397 e. The van der Waals surface area contributed by atoms with Crippen LogP contribution < -0.4 is 16.8 Å². The number of primary amides is 1. The average molecular weight is 277 g/mol. The van der Waals surface area contributed by atoms with Crippen molar-refractivity contribution in [1.82, 2.24) is 0 Å². The number of hydrogen-bond acceptors (Lipinski definition) is 3. The number of hydrogen-bond donors (Lipinski definition) is 3. The predicted octanol–water partition coefficient (Wildman–Crippen LogP) is 2.70. The Morgan fingerprint density at radius 1 is 1.20 bits per heavy atom. The van der Waals surface area contributed by atoms with Gasteiger partial charge in [-0.25, -0.2) is 8.78 Å². The molecule has 5 N–H and O–H groups in total. The number of carbonyl (C=O) groups excluding carboxylic acids is 1. The minimum atomic E-state index is -0.715. The molecule has 4 nitrogen and oxygen atoms in total. The zero-order valence-electron chi connectivity index (χ0n) is 10.7. The van der Waals surface area contributed by atoms with Gasteiger partial charge in [-0.05, 0) is 30.7 Å². The number of carbonyl (C=O) groups is 1. The second-order valence-corrected chi connectivity index (χ2v) is 4.34. The molecule has 20 heavy (non-hydrogen) atoms. The molecule has 2 aromatic carbocycles. The smallest absolute Gasteiger partial charge is 0.250 e. The molecule has 0 radical (unpaired) electrons. The minimum absolute atomic E-state index is 0.102. The highest BCUT2D eigenvalue weighted by Crippen LogP contribution is 2.29. The van der Waals surface area contributed by atoms with Gasteiger partial charge < -0.3 is 16.8 Å². The van der Waals surface area contributed by atoms with Crippen LogP contribution in [-0.4, -0.2) is 5.91 Å². The molecule has 0 atom stereocenters. The lowest BCUT2D eigenvalue weighted by Crippen LogP contribution is -2.14. The van der Waals surface area contributed by atoms with Gasteiger partial charge in [0.15, 0.2) is 0 Å². The van der Waals surface area contributed by atoms with Crippen LogP contribution in [-0.2, 0) is 0 Å². The van der Waals surface area contributed by atoms with E-state index in [1.54, 1.807) is 6.07 Å². The Bertz CT molecular complexity index is 686. The largest absolute Gasteiger partial charge is 0.397 e. The summed E-state index contributed by atoms with van der Waals surface area (Å²) in [6, 6.07) is 6.58. The van der Waals surface area contributed by atoms with Crippen LogP contribution in [0.4, 0.5) is 25.8 Å². The molecule has 0 saturated carbocycles. The number of halogens is 2. The van der Waals surface area contributed by atoms with Crippen LogP contribution in [0.2, 0.25) is 0 Å². The zero-order valence-corrected chi connectivity index (χ0v) is 10.7. The number of aryl methyl sites for hydroxylation is 1. The maximum Gasteiger partial charge on any atom is 0.250 e. The number of nitrogens with one attached hydrogen (secondary N) is 1. The summed E-state index contributed by atoms with van der Waals surface area (Å²) in [5.41, 5.74) is 11.5. The molecular weight excluding hydrogens is 264 g/mol. The van der Waals surface area contributed by atoms with Gasteiger partial charge in [0.05, 0.1) is 22.6 Å². The highest BCUT2D eigenvalue weighted by atomic mass is 19.1. The SMILES string of the molecule is Cc1cc(F)c(Nc2c(N)cccc2C(N)=O)cc1F. The molecule has 0 aliphatic rings. The van der Waals surface area contributed by atoms with E-state index in [9.17, 15) is 13.6 Å². The maximum atomic E-state index is 13.8. The number of para-hydroxylation sites is 1. The Morgan fingerprint density at radius 2 is 1.90 bits per heavy atom. The van der Waals surface area contributed by atoms with Gasteiger partial charge in [0, 0.05) is 6.07 Å². The summed E-state index contributed by atoms with van der Waals surface area (Å²) in [4.78, 5) is 11.3. The van der Waals surface area contributed by atoms with Crippen LogP contribution in [0.3, 0.4) is 0 Å². The van der Waals surface area contributed by atoms with Crippen molar-refractivity contribution >= 4 is 23.0 Å². The van der Waals surface area contributed by atoms with Gasteiger partial charge in [0.2, 0.25) is 0 Å². The van der Waals surface area contributed by atoms with Gasteiger partial charge in [-0.1, -0.05) is 6.07 Å². The average Bonchev–Trinajstić information content (AvgIpc) is 2.37. The Hall–Kier alpha value is -2.63. The molecule has 104 valence electrons. The van der Waals surface area contributed by atoms with Crippen LogP contribution >= 0.6 is 0 Å². The van der Waals surface area contributed by atoms with Crippen molar-refractivity contribution in [3.05, 3.63) is 53.1 Å². The highest BCUT2D eigenvalue weighted by Gasteiger charge is 2.14. The second kappa shape index (κ2) is 5.16. The Labute approximate surface area is 114 Å². The summed E-state index contributed by atoms with van der Waals surface area (Å²) in [5.74, 6) is -1.93. The van der Waals surface area contributed by atoms with E-state index < -0.39 is 17.5 Å². The second-order valence-electron chi connectivity index (χ2n) is 4.34. The third kappa shape index (κ3) is 2.54. The first kappa shape index (κ1) is 13.8. The Kier molecular flexibility index (Phi) is 3.56. The molecule has 0 spiro atoms. The Morgan fingerprint density at radius 3 is 2.55 bits per heavy atom. The Balaban J connectivity index is 2.50. The molecule has 1 amide bonds. The fraction of sp³-hybridized carbons (Fsp3) is 0.0714. The first-order valence-corrected chi connectivity index (χ1v) is 5.81. The first-order valence-electron chi connectivity index (χ1n) is 5.81. The van der Waals surface area contributed by atoms with E-state index in [4.69, 9.17) is 11.5 Å². The number of nitrogens with two attached hydrogens (primary N) is 2. The van der Waals surface area contributed by atoms with Crippen molar-refractivity contribution in [3.8, 4) is 0 Å². The van der Waals surface area contributed by atoms with Crippen molar-refractivity contribution in [2.75, 3.05) is 11.1 Å². The summed E-state index contributed by atoms with van der Waals surface area (Å²) in [6.45, 7) is 1.45. The number of anilines is 3. The topological polar surface area (TPSA) is 81.1 Å². The summed E-state index contributed by atoms with van der Waals surface area (Å²) >= 11 is 0. The molecule has 0 heterocycles. The molecule has 2 aromatic rings. The lowest BCUT2D eigenvalue weighted by atomic mass is 10.1. The normalized spacial score (nSPS) is 10.3. The van der Waals surface area contributed by atoms with Gasteiger partial charge in [0.25, 0.3) is 5.91 Å². The van der Waals surface area contributed by atoms with Crippen LogP contribution in [0, 0.1) is 18.6 Å². The summed E-state index contributed by atoms with van der Waals surface area (Å²) in [6.07, 6.45) is 0.